The van der Waals surface area contributed by atoms with Crippen LogP contribution >= 0.6 is 0 Å². The number of carbonyl (C=O) groups is 1. The van der Waals surface area contributed by atoms with Crippen molar-refractivity contribution in [2.45, 2.75) is 69.7 Å². The number of alkyl halides is 6. The molecule has 33 heavy (non-hydrogen) atoms. The Morgan fingerprint density at radius 3 is 2.09 bits per heavy atom. The molecule has 0 aromatic heterocycles. The molecule has 1 fully saturated rings. The summed E-state index contributed by atoms with van der Waals surface area (Å²) < 4.78 is 89.4. The number of rotatable bonds is 6. The fraction of sp³-hybridized carbons (Fsp3) is 0.458. The maximum absolute atomic E-state index is 13.0. The minimum atomic E-state index is -4.91. The van der Waals surface area contributed by atoms with Crippen LogP contribution in [0, 0.1) is 0 Å². The van der Waals surface area contributed by atoms with Gasteiger partial charge in [-0.25, -0.2) is 0 Å². The quantitative estimate of drug-likeness (QED) is 0.338. The molecule has 0 heterocycles. The molecule has 3 nitrogen and oxygen atoms in total. The third kappa shape index (κ3) is 6.96. The molecule has 1 saturated carbocycles. The van der Waals surface area contributed by atoms with Crippen molar-refractivity contribution < 1.29 is 40.6 Å². The standard InChI is InChI=1S/C24H24F6O3/c1-15(17-6-3-2-4-7-17)22(31)33-21-9-5-8-20(13-21)32-14-16-10-18(23(25,26)27)12-19(11-16)24(28,29)30/h2-4,6-7,10-12,15,20-21H,5,8-9,13-14H2,1H3. The summed E-state index contributed by atoms with van der Waals surface area (Å²) in [5.74, 6) is -0.849. The normalized spacial score (nSPS) is 20.3. The van der Waals surface area contributed by atoms with E-state index in [1.54, 1.807) is 6.92 Å². The van der Waals surface area contributed by atoms with Crippen molar-refractivity contribution in [1.82, 2.24) is 0 Å². The fourth-order valence-electron chi connectivity index (χ4n) is 3.82. The Balaban J connectivity index is 1.61. The van der Waals surface area contributed by atoms with Crippen LogP contribution < -0.4 is 0 Å². The second kappa shape index (κ2) is 10.2. The van der Waals surface area contributed by atoms with Gasteiger partial charge < -0.3 is 9.47 Å². The van der Waals surface area contributed by atoms with Gasteiger partial charge in [-0.1, -0.05) is 30.3 Å². The molecule has 0 saturated heterocycles. The van der Waals surface area contributed by atoms with Crippen molar-refractivity contribution in [3.05, 3.63) is 70.8 Å². The summed E-state index contributed by atoms with van der Waals surface area (Å²) in [6.45, 7) is 1.33. The first-order chi connectivity index (χ1) is 15.4. The highest BCUT2D eigenvalue weighted by molar-refractivity contribution is 5.77. The lowest BCUT2D eigenvalue weighted by Gasteiger charge is -2.30. The van der Waals surface area contributed by atoms with Gasteiger partial charge in [0.15, 0.2) is 0 Å². The van der Waals surface area contributed by atoms with Crippen molar-refractivity contribution >= 4 is 5.97 Å². The third-order valence-corrected chi connectivity index (χ3v) is 5.65. The van der Waals surface area contributed by atoms with Crippen LogP contribution in [0.15, 0.2) is 48.5 Å². The highest BCUT2D eigenvalue weighted by atomic mass is 19.4. The summed E-state index contributed by atoms with van der Waals surface area (Å²) >= 11 is 0. The van der Waals surface area contributed by atoms with E-state index in [1.807, 2.05) is 30.3 Å². The Morgan fingerprint density at radius 1 is 0.939 bits per heavy atom. The lowest BCUT2D eigenvalue weighted by atomic mass is 9.94. The van der Waals surface area contributed by atoms with Gasteiger partial charge in [0.25, 0.3) is 0 Å². The van der Waals surface area contributed by atoms with Crippen LogP contribution in [0.4, 0.5) is 26.3 Å². The number of carbonyl (C=O) groups excluding carboxylic acids is 1. The van der Waals surface area contributed by atoms with E-state index < -0.39 is 48.2 Å². The number of halogens is 6. The van der Waals surface area contributed by atoms with Crippen LogP contribution in [-0.4, -0.2) is 18.2 Å². The van der Waals surface area contributed by atoms with E-state index in [4.69, 9.17) is 9.47 Å². The number of hydrogen-bond donors (Lipinski definition) is 0. The highest BCUT2D eigenvalue weighted by Crippen LogP contribution is 2.37. The Bertz CT molecular complexity index is 907. The predicted octanol–water partition coefficient (Wildman–Crippen LogP) is 6.90. The van der Waals surface area contributed by atoms with Gasteiger partial charge in [0.1, 0.15) is 6.10 Å². The van der Waals surface area contributed by atoms with Gasteiger partial charge in [0, 0.05) is 6.42 Å². The van der Waals surface area contributed by atoms with Crippen LogP contribution in [-0.2, 0) is 33.2 Å². The molecule has 2 aromatic rings. The van der Waals surface area contributed by atoms with E-state index >= 15 is 0 Å². The lowest BCUT2D eigenvalue weighted by molar-refractivity contribution is -0.154. The van der Waals surface area contributed by atoms with Gasteiger partial charge in [-0.15, -0.1) is 0 Å². The third-order valence-electron chi connectivity index (χ3n) is 5.65. The van der Waals surface area contributed by atoms with Gasteiger partial charge in [0.2, 0.25) is 0 Å². The first-order valence-electron chi connectivity index (χ1n) is 10.6. The van der Waals surface area contributed by atoms with Gasteiger partial charge in [0.05, 0.1) is 29.8 Å². The highest BCUT2D eigenvalue weighted by Gasteiger charge is 2.37. The van der Waals surface area contributed by atoms with Crippen molar-refractivity contribution in [1.29, 1.82) is 0 Å². The Hall–Kier alpha value is -2.55. The van der Waals surface area contributed by atoms with Gasteiger partial charge in [-0.3, -0.25) is 4.79 Å². The van der Waals surface area contributed by atoms with E-state index in [9.17, 15) is 31.1 Å². The molecule has 0 N–H and O–H groups in total. The summed E-state index contributed by atoms with van der Waals surface area (Å²) in [6.07, 6.45) is -8.48. The monoisotopic (exact) mass is 474 g/mol. The SMILES string of the molecule is CC(C(=O)OC1CCCC(OCc2cc(C(F)(F)F)cc(C(F)(F)F)c2)C1)c1ccccc1. The average Bonchev–Trinajstić information content (AvgIpc) is 2.76. The molecule has 2 aromatic carbocycles. The summed E-state index contributed by atoms with van der Waals surface area (Å²) in [7, 11) is 0. The smallest absolute Gasteiger partial charge is 0.416 e. The van der Waals surface area contributed by atoms with E-state index in [2.05, 4.69) is 0 Å². The molecular formula is C24H24F6O3. The molecule has 3 atom stereocenters. The molecule has 0 amide bonds. The molecule has 3 unspecified atom stereocenters. The number of hydrogen-bond acceptors (Lipinski definition) is 3. The van der Waals surface area contributed by atoms with Crippen LogP contribution in [0.3, 0.4) is 0 Å². The first kappa shape index (κ1) is 25.1. The van der Waals surface area contributed by atoms with E-state index in [0.29, 0.717) is 37.8 Å². The Morgan fingerprint density at radius 2 is 1.52 bits per heavy atom. The Kier molecular flexibility index (Phi) is 7.72. The number of ether oxygens (including phenoxy) is 2. The van der Waals surface area contributed by atoms with Crippen molar-refractivity contribution in [2.24, 2.45) is 0 Å². The predicted molar refractivity (Wildman–Crippen MR) is 108 cm³/mol. The van der Waals surface area contributed by atoms with Crippen LogP contribution in [0.25, 0.3) is 0 Å². The zero-order valence-electron chi connectivity index (χ0n) is 17.9. The molecule has 9 heteroatoms. The molecule has 0 radical (unpaired) electrons. The van der Waals surface area contributed by atoms with Gasteiger partial charge >= 0.3 is 18.3 Å². The summed E-state index contributed by atoms with van der Waals surface area (Å²) in [5.41, 5.74) is -2.15. The fourth-order valence-corrected chi connectivity index (χ4v) is 3.82. The maximum atomic E-state index is 13.0. The van der Waals surface area contributed by atoms with E-state index in [0.717, 1.165) is 5.56 Å². The number of esters is 1. The minimum Gasteiger partial charge on any atom is -0.462 e. The maximum Gasteiger partial charge on any atom is 0.416 e. The summed E-state index contributed by atoms with van der Waals surface area (Å²) in [4.78, 5) is 12.5. The second-order valence-corrected chi connectivity index (χ2v) is 8.21. The molecule has 180 valence electrons. The zero-order valence-corrected chi connectivity index (χ0v) is 17.9. The molecule has 0 aliphatic heterocycles. The van der Waals surface area contributed by atoms with Gasteiger partial charge in [-0.2, -0.15) is 26.3 Å². The molecule has 3 rings (SSSR count). The lowest BCUT2D eigenvalue weighted by Crippen LogP contribution is -2.31. The molecule has 1 aliphatic rings. The summed E-state index contributed by atoms with van der Waals surface area (Å²) in [6, 6.07) is 10.5. The van der Waals surface area contributed by atoms with E-state index in [-0.39, 0.29) is 17.6 Å². The molecular weight excluding hydrogens is 450 g/mol. The first-order valence-corrected chi connectivity index (χ1v) is 10.6. The molecule has 0 spiro atoms. The van der Waals surface area contributed by atoms with Crippen molar-refractivity contribution in [3.8, 4) is 0 Å². The molecule has 0 bridgehead atoms. The van der Waals surface area contributed by atoms with Gasteiger partial charge in [-0.05, 0) is 55.5 Å². The Labute approximate surface area is 187 Å². The number of benzene rings is 2. The average molecular weight is 474 g/mol. The van der Waals surface area contributed by atoms with E-state index in [1.165, 1.54) is 0 Å². The van der Waals surface area contributed by atoms with Crippen molar-refractivity contribution in [3.63, 3.8) is 0 Å². The second-order valence-electron chi connectivity index (χ2n) is 8.21. The zero-order chi connectivity index (χ0) is 24.2. The van der Waals surface area contributed by atoms with Crippen LogP contribution in [0.5, 0.6) is 0 Å². The largest absolute Gasteiger partial charge is 0.462 e. The van der Waals surface area contributed by atoms with Crippen LogP contribution in [0.1, 0.15) is 60.8 Å². The summed E-state index contributed by atoms with van der Waals surface area (Å²) in [5, 5.41) is 0. The van der Waals surface area contributed by atoms with Crippen LogP contribution in [0.2, 0.25) is 0 Å². The van der Waals surface area contributed by atoms with Crippen molar-refractivity contribution in [2.75, 3.05) is 0 Å². The molecule has 1 aliphatic carbocycles. The topological polar surface area (TPSA) is 35.5 Å². The minimum absolute atomic E-state index is 0.0908.